The minimum absolute atomic E-state index is 0.0291. The number of halogens is 1. The molecule has 0 radical (unpaired) electrons. The summed E-state index contributed by atoms with van der Waals surface area (Å²) in [4.78, 5) is 12.0. The Balaban J connectivity index is 2.02. The molecule has 1 aliphatic carbocycles. The molecule has 2 rings (SSSR count). The summed E-state index contributed by atoms with van der Waals surface area (Å²) in [5, 5.41) is 0.457. The van der Waals surface area contributed by atoms with Gasteiger partial charge < -0.3 is 10.5 Å². The lowest BCUT2D eigenvalue weighted by Gasteiger charge is -2.26. The van der Waals surface area contributed by atoms with Crippen LogP contribution >= 0.6 is 11.6 Å². The molecule has 0 bridgehead atoms. The van der Waals surface area contributed by atoms with Crippen molar-refractivity contribution in [1.82, 2.24) is 0 Å². The van der Waals surface area contributed by atoms with Gasteiger partial charge in [-0.3, -0.25) is 0 Å². The Labute approximate surface area is 112 Å². The van der Waals surface area contributed by atoms with Crippen molar-refractivity contribution in [2.45, 2.75) is 38.7 Å². The van der Waals surface area contributed by atoms with Gasteiger partial charge >= 0.3 is 5.97 Å². The van der Waals surface area contributed by atoms with E-state index in [0.717, 1.165) is 19.3 Å². The number of nitrogen functional groups attached to an aromatic ring is 1. The molecule has 1 aromatic carbocycles. The quantitative estimate of drug-likeness (QED) is 0.657. The van der Waals surface area contributed by atoms with Gasteiger partial charge in [0.2, 0.25) is 0 Å². The topological polar surface area (TPSA) is 52.3 Å². The van der Waals surface area contributed by atoms with E-state index in [1.807, 2.05) is 0 Å². The number of hydrogen-bond acceptors (Lipinski definition) is 3. The predicted molar refractivity (Wildman–Crippen MR) is 72.7 cm³/mol. The summed E-state index contributed by atoms with van der Waals surface area (Å²) < 4.78 is 5.50. The molecule has 0 aromatic heterocycles. The third-order valence-corrected chi connectivity index (χ3v) is 3.54. The number of hydrogen-bond donors (Lipinski definition) is 1. The van der Waals surface area contributed by atoms with Crippen LogP contribution in [0.1, 0.15) is 43.0 Å². The van der Waals surface area contributed by atoms with Crippen LogP contribution in [0.15, 0.2) is 18.2 Å². The van der Waals surface area contributed by atoms with E-state index in [1.165, 1.54) is 6.42 Å². The summed E-state index contributed by atoms with van der Waals surface area (Å²) in [6, 6.07) is 4.80. The van der Waals surface area contributed by atoms with E-state index in [1.54, 1.807) is 18.2 Å². The van der Waals surface area contributed by atoms with Gasteiger partial charge in [-0.15, -0.1) is 0 Å². The van der Waals surface area contributed by atoms with Crippen molar-refractivity contribution >= 4 is 23.3 Å². The highest BCUT2D eigenvalue weighted by molar-refractivity contribution is 6.31. The zero-order valence-corrected chi connectivity index (χ0v) is 11.2. The summed E-state index contributed by atoms with van der Waals surface area (Å²) in [5.41, 5.74) is 6.57. The summed E-state index contributed by atoms with van der Waals surface area (Å²) in [5.74, 6) is 0.296. The molecule has 0 saturated heterocycles. The van der Waals surface area contributed by atoms with Crippen LogP contribution in [0.4, 0.5) is 5.69 Å². The largest absolute Gasteiger partial charge is 0.459 e. The van der Waals surface area contributed by atoms with Crippen LogP contribution in [0.5, 0.6) is 0 Å². The highest BCUT2D eigenvalue weighted by Crippen LogP contribution is 2.27. The molecular weight excluding hydrogens is 250 g/mol. The van der Waals surface area contributed by atoms with Gasteiger partial charge in [0.15, 0.2) is 0 Å². The molecule has 1 aliphatic rings. The van der Waals surface area contributed by atoms with Crippen molar-refractivity contribution in [3.8, 4) is 0 Å². The van der Waals surface area contributed by atoms with E-state index in [-0.39, 0.29) is 12.1 Å². The van der Waals surface area contributed by atoms with E-state index in [0.29, 0.717) is 22.2 Å². The van der Waals surface area contributed by atoms with Crippen LogP contribution < -0.4 is 5.73 Å². The zero-order valence-electron chi connectivity index (χ0n) is 10.5. The summed E-state index contributed by atoms with van der Waals surface area (Å²) in [7, 11) is 0. The second-order valence-electron chi connectivity index (χ2n) is 5.07. The third-order valence-electron chi connectivity index (χ3n) is 3.32. The Bertz CT molecular complexity index is 427. The molecule has 0 heterocycles. The molecule has 1 fully saturated rings. The standard InChI is InChI=1S/C14H18ClNO2/c1-9-3-2-4-13(5-9)18-14(17)10-6-11(15)8-12(16)7-10/h6-9,13H,2-5,16H2,1H3. The first kappa shape index (κ1) is 13.2. The van der Waals surface area contributed by atoms with Gasteiger partial charge in [-0.1, -0.05) is 24.9 Å². The van der Waals surface area contributed by atoms with Crippen LogP contribution in [0.25, 0.3) is 0 Å². The minimum atomic E-state index is -0.330. The molecule has 0 aliphatic heterocycles. The van der Waals surface area contributed by atoms with Gasteiger partial charge in [-0.25, -0.2) is 4.79 Å². The Hall–Kier alpha value is -1.22. The van der Waals surface area contributed by atoms with Gasteiger partial charge in [0.1, 0.15) is 6.10 Å². The predicted octanol–water partition coefficient (Wildman–Crippen LogP) is 3.66. The molecule has 1 saturated carbocycles. The maximum Gasteiger partial charge on any atom is 0.338 e. The average Bonchev–Trinajstić information content (AvgIpc) is 2.27. The molecule has 4 heteroatoms. The van der Waals surface area contributed by atoms with E-state index in [4.69, 9.17) is 22.1 Å². The number of carbonyl (C=O) groups is 1. The van der Waals surface area contributed by atoms with Crippen LogP contribution in [-0.4, -0.2) is 12.1 Å². The van der Waals surface area contributed by atoms with E-state index in [9.17, 15) is 4.79 Å². The molecule has 18 heavy (non-hydrogen) atoms. The van der Waals surface area contributed by atoms with Crippen LogP contribution in [0, 0.1) is 5.92 Å². The molecule has 2 unspecified atom stereocenters. The molecule has 98 valence electrons. The fraction of sp³-hybridized carbons (Fsp3) is 0.500. The maximum atomic E-state index is 12.0. The lowest BCUT2D eigenvalue weighted by atomic mass is 9.89. The van der Waals surface area contributed by atoms with E-state index in [2.05, 4.69) is 6.92 Å². The molecule has 2 atom stereocenters. The van der Waals surface area contributed by atoms with Gasteiger partial charge in [0.25, 0.3) is 0 Å². The van der Waals surface area contributed by atoms with Crippen LogP contribution in [-0.2, 0) is 4.74 Å². The number of nitrogens with two attached hydrogens (primary N) is 1. The number of ether oxygens (including phenoxy) is 1. The lowest BCUT2D eigenvalue weighted by Crippen LogP contribution is -2.24. The fourth-order valence-corrected chi connectivity index (χ4v) is 2.68. The number of esters is 1. The van der Waals surface area contributed by atoms with Gasteiger partial charge in [-0.2, -0.15) is 0 Å². The second-order valence-corrected chi connectivity index (χ2v) is 5.51. The Kier molecular flexibility index (Phi) is 4.12. The Morgan fingerprint density at radius 1 is 1.39 bits per heavy atom. The maximum absolute atomic E-state index is 12.0. The van der Waals surface area contributed by atoms with E-state index < -0.39 is 0 Å². The first-order valence-electron chi connectivity index (χ1n) is 6.31. The van der Waals surface area contributed by atoms with Crippen molar-refractivity contribution in [3.63, 3.8) is 0 Å². The number of rotatable bonds is 2. The number of carbonyl (C=O) groups excluding carboxylic acids is 1. The summed E-state index contributed by atoms with van der Waals surface area (Å²) >= 11 is 5.87. The van der Waals surface area contributed by atoms with Gasteiger partial charge in [0, 0.05) is 10.7 Å². The van der Waals surface area contributed by atoms with Gasteiger partial charge in [-0.05, 0) is 43.4 Å². The van der Waals surface area contributed by atoms with Crippen LogP contribution in [0.3, 0.4) is 0 Å². The first-order valence-corrected chi connectivity index (χ1v) is 6.69. The van der Waals surface area contributed by atoms with Gasteiger partial charge in [0.05, 0.1) is 5.56 Å². The van der Waals surface area contributed by atoms with Crippen molar-refractivity contribution in [3.05, 3.63) is 28.8 Å². The molecule has 2 N–H and O–H groups in total. The normalized spacial score (nSPS) is 23.7. The van der Waals surface area contributed by atoms with E-state index >= 15 is 0 Å². The SMILES string of the molecule is CC1CCCC(OC(=O)c2cc(N)cc(Cl)c2)C1. The van der Waals surface area contributed by atoms with Crippen molar-refractivity contribution in [1.29, 1.82) is 0 Å². The highest BCUT2D eigenvalue weighted by Gasteiger charge is 2.22. The summed E-state index contributed by atoms with van der Waals surface area (Å²) in [6.07, 6.45) is 4.27. The Morgan fingerprint density at radius 2 is 2.17 bits per heavy atom. The monoisotopic (exact) mass is 267 g/mol. The molecule has 0 spiro atoms. The molecule has 3 nitrogen and oxygen atoms in total. The minimum Gasteiger partial charge on any atom is -0.459 e. The number of anilines is 1. The molecular formula is C14H18ClNO2. The number of benzene rings is 1. The highest BCUT2D eigenvalue weighted by atomic mass is 35.5. The smallest absolute Gasteiger partial charge is 0.338 e. The first-order chi connectivity index (χ1) is 8.54. The summed E-state index contributed by atoms with van der Waals surface area (Å²) in [6.45, 7) is 2.19. The average molecular weight is 268 g/mol. The van der Waals surface area contributed by atoms with Crippen LogP contribution in [0.2, 0.25) is 5.02 Å². The third kappa shape index (κ3) is 3.39. The second kappa shape index (κ2) is 5.61. The molecule has 1 aromatic rings. The fourth-order valence-electron chi connectivity index (χ4n) is 2.44. The lowest BCUT2D eigenvalue weighted by molar-refractivity contribution is 0.0155. The zero-order chi connectivity index (χ0) is 13.1. The van der Waals surface area contributed by atoms with Crippen molar-refractivity contribution in [2.24, 2.45) is 5.92 Å². The molecule has 0 amide bonds. The van der Waals surface area contributed by atoms with Crippen molar-refractivity contribution < 1.29 is 9.53 Å². The Morgan fingerprint density at radius 3 is 2.83 bits per heavy atom. The van der Waals surface area contributed by atoms with Crippen molar-refractivity contribution in [2.75, 3.05) is 5.73 Å².